The summed E-state index contributed by atoms with van der Waals surface area (Å²) in [6, 6.07) is 11.4. The molecule has 2 aromatic carbocycles. The summed E-state index contributed by atoms with van der Waals surface area (Å²) < 4.78 is 5.01. The van der Waals surface area contributed by atoms with Crippen LogP contribution < -0.4 is 10.6 Å². The van der Waals surface area contributed by atoms with E-state index in [1.807, 2.05) is 6.92 Å². The number of carbonyl (C=O) groups is 1. The second kappa shape index (κ2) is 9.01. The predicted molar refractivity (Wildman–Crippen MR) is 111 cm³/mol. The second-order valence-corrected chi connectivity index (χ2v) is 6.89. The monoisotopic (exact) mass is 390 g/mol. The van der Waals surface area contributed by atoms with E-state index in [1.54, 1.807) is 25.1 Å². The number of hydrogen-bond donors (Lipinski definition) is 2. The number of carbonyl (C=O) groups excluding carboxylic acids is 1. The first-order chi connectivity index (χ1) is 12.3. The molecule has 1 atom stereocenters. The minimum atomic E-state index is -0.455. The summed E-state index contributed by atoms with van der Waals surface area (Å²) in [7, 11) is 0. The molecule has 0 aliphatic rings. The SMILES string of the molecule is CCOC(=O)c1cc(NC(=S)N[C@@H](C)c2ccc(C)c(C)c2)ccc1Cl. The maximum absolute atomic E-state index is 11.9. The van der Waals surface area contributed by atoms with E-state index in [1.165, 1.54) is 11.1 Å². The Balaban J connectivity index is 2.06. The lowest BCUT2D eigenvalue weighted by molar-refractivity contribution is 0.0526. The van der Waals surface area contributed by atoms with Crippen LogP contribution in [-0.2, 0) is 4.74 Å². The number of thiocarbonyl (C=S) groups is 1. The van der Waals surface area contributed by atoms with E-state index < -0.39 is 5.97 Å². The van der Waals surface area contributed by atoms with E-state index in [4.69, 9.17) is 28.6 Å². The lowest BCUT2D eigenvalue weighted by atomic mass is 10.0. The summed E-state index contributed by atoms with van der Waals surface area (Å²) in [6.07, 6.45) is 0. The molecule has 0 amide bonds. The minimum Gasteiger partial charge on any atom is -0.462 e. The molecule has 6 heteroatoms. The second-order valence-electron chi connectivity index (χ2n) is 6.08. The zero-order chi connectivity index (χ0) is 19.3. The number of nitrogens with one attached hydrogen (secondary N) is 2. The smallest absolute Gasteiger partial charge is 0.339 e. The molecule has 0 saturated carbocycles. The number of aryl methyl sites for hydroxylation is 2. The van der Waals surface area contributed by atoms with Crippen LogP contribution in [0.3, 0.4) is 0 Å². The summed E-state index contributed by atoms with van der Waals surface area (Å²) in [4.78, 5) is 11.9. The molecule has 4 nitrogen and oxygen atoms in total. The molecule has 0 bridgehead atoms. The average molecular weight is 391 g/mol. The van der Waals surface area contributed by atoms with Gasteiger partial charge in [0.05, 0.1) is 23.2 Å². The first-order valence-corrected chi connectivity index (χ1v) is 9.21. The molecule has 26 heavy (non-hydrogen) atoms. The molecular formula is C20H23ClN2O2S. The lowest BCUT2D eigenvalue weighted by Crippen LogP contribution is -2.31. The van der Waals surface area contributed by atoms with Crippen molar-refractivity contribution in [3.05, 3.63) is 63.7 Å². The lowest BCUT2D eigenvalue weighted by Gasteiger charge is -2.18. The van der Waals surface area contributed by atoms with Gasteiger partial charge in [0.2, 0.25) is 0 Å². The van der Waals surface area contributed by atoms with Gasteiger partial charge in [0.15, 0.2) is 5.11 Å². The van der Waals surface area contributed by atoms with Gasteiger partial charge in [-0.2, -0.15) is 0 Å². The van der Waals surface area contributed by atoms with Crippen LogP contribution >= 0.6 is 23.8 Å². The Labute approximate surface area is 164 Å². The molecule has 0 saturated heterocycles. The van der Waals surface area contributed by atoms with Crippen molar-refractivity contribution < 1.29 is 9.53 Å². The number of anilines is 1. The quantitative estimate of drug-likeness (QED) is 0.544. The van der Waals surface area contributed by atoms with Gasteiger partial charge in [0.25, 0.3) is 0 Å². The normalized spacial score (nSPS) is 11.6. The van der Waals surface area contributed by atoms with Crippen molar-refractivity contribution in [2.24, 2.45) is 0 Å². The number of hydrogen-bond acceptors (Lipinski definition) is 3. The minimum absolute atomic E-state index is 0.0473. The van der Waals surface area contributed by atoms with Crippen LogP contribution in [0.25, 0.3) is 0 Å². The fourth-order valence-corrected chi connectivity index (χ4v) is 2.94. The summed E-state index contributed by atoms with van der Waals surface area (Å²) in [6.45, 7) is 8.27. The zero-order valence-corrected chi connectivity index (χ0v) is 16.9. The number of ether oxygens (including phenoxy) is 1. The van der Waals surface area contributed by atoms with Crippen LogP contribution in [0.4, 0.5) is 5.69 Å². The van der Waals surface area contributed by atoms with Crippen LogP contribution in [0.1, 0.15) is 46.9 Å². The molecule has 0 spiro atoms. The summed E-state index contributed by atoms with van der Waals surface area (Å²) in [5, 5.41) is 7.15. The van der Waals surface area contributed by atoms with Crippen LogP contribution in [0, 0.1) is 13.8 Å². The maximum Gasteiger partial charge on any atom is 0.339 e. The zero-order valence-electron chi connectivity index (χ0n) is 15.4. The van der Waals surface area contributed by atoms with Crippen LogP contribution in [0.5, 0.6) is 0 Å². The summed E-state index contributed by atoms with van der Waals surface area (Å²) in [5.41, 5.74) is 4.63. The Morgan fingerprint density at radius 3 is 2.58 bits per heavy atom. The van der Waals surface area contributed by atoms with Crippen molar-refractivity contribution in [1.29, 1.82) is 0 Å². The highest BCUT2D eigenvalue weighted by Crippen LogP contribution is 2.22. The molecule has 0 aliphatic carbocycles. The Bertz CT molecular complexity index is 823. The predicted octanol–water partition coefficient (Wildman–Crippen LogP) is 5.18. The Morgan fingerprint density at radius 1 is 1.19 bits per heavy atom. The Morgan fingerprint density at radius 2 is 1.92 bits per heavy atom. The van der Waals surface area contributed by atoms with Crippen molar-refractivity contribution in [3.63, 3.8) is 0 Å². The number of rotatable bonds is 5. The number of esters is 1. The molecule has 0 radical (unpaired) electrons. The molecule has 2 rings (SSSR count). The van der Waals surface area contributed by atoms with Crippen molar-refractivity contribution in [1.82, 2.24) is 5.32 Å². The third-order valence-corrected chi connectivity index (χ3v) is 4.65. The van der Waals surface area contributed by atoms with Crippen LogP contribution in [0.15, 0.2) is 36.4 Å². The average Bonchev–Trinajstić information content (AvgIpc) is 2.59. The fraction of sp³-hybridized carbons (Fsp3) is 0.300. The number of benzene rings is 2. The third-order valence-electron chi connectivity index (χ3n) is 4.10. The van der Waals surface area contributed by atoms with Crippen LogP contribution in [-0.4, -0.2) is 17.7 Å². The first-order valence-electron chi connectivity index (χ1n) is 8.43. The topological polar surface area (TPSA) is 50.4 Å². The van der Waals surface area contributed by atoms with Crippen molar-refractivity contribution in [2.45, 2.75) is 33.7 Å². The van der Waals surface area contributed by atoms with Gasteiger partial charge in [-0.1, -0.05) is 29.8 Å². The molecule has 0 unspecified atom stereocenters. The van der Waals surface area contributed by atoms with E-state index in [9.17, 15) is 4.79 Å². The first kappa shape index (κ1) is 20.2. The van der Waals surface area contributed by atoms with E-state index in [0.29, 0.717) is 28.0 Å². The van der Waals surface area contributed by atoms with Gasteiger partial charge in [0.1, 0.15) is 0 Å². The standard InChI is InChI=1S/C20H23ClN2O2S/c1-5-25-19(24)17-11-16(8-9-18(17)21)23-20(26)22-14(4)15-7-6-12(2)13(3)10-15/h6-11,14H,5H2,1-4H3,(H2,22,23,26)/t14-/m0/s1. The fourth-order valence-electron chi connectivity index (χ4n) is 2.45. The molecule has 0 aliphatic heterocycles. The molecule has 2 aromatic rings. The maximum atomic E-state index is 11.9. The highest BCUT2D eigenvalue weighted by molar-refractivity contribution is 7.80. The highest BCUT2D eigenvalue weighted by atomic mass is 35.5. The molecule has 0 heterocycles. The van der Waals surface area contributed by atoms with E-state index in [2.05, 4.69) is 42.7 Å². The third kappa shape index (κ3) is 5.19. The van der Waals surface area contributed by atoms with Gasteiger partial charge in [0, 0.05) is 5.69 Å². The Hall–Kier alpha value is -2.11. The molecule has 2 N–H and O–H groups in total. The molecule has 0 aromatic heterocycles. The Kier molecular flexibility index (Phi) is 7.00. The van der Waals surface area contributed by atoms with Gasteiger partial charge >= 0.3 is 5.97 Å². The highest BCUT2D eigenvalue weighted by Gasteiger charge is 2.13. The molecule has 0 fully saturated rings. The van der Waals surface area contributed by atoms with Gasteiger partial charge in [-0.25, -0.2) is 4.79 Å². The van der Waals surface area contributed by atoms with Crippen molar-refractivity contribution in [2.75, 3.05) is 11.9 Å². The van der Waals surface area contributed by atoms with Gasteiger partial charge in [-0.15, -0.1) is 0 Å². The van der Waals surface area contributed by atoms with Crippen LogP contribution in [0.2, 0.25) is 5.02 Å². The van der Waals surface area contributed by atoms with E-state index in [0.717, 1.165) is 5.56 Å². The summed E-state index contributed by atoms with van der Waals surface area (Å²) in [5.74, 6) is -0.455. The van der Waals surface area contributed by atoms with Gasteiger partial charge < -0.3 is 15.4 Å². The van der Waals surface area contributed by atoms with Gasteiger partial charge in [-0.05, 0) is 74.8 Å². The van der Waals surface area contributed by atoms with E-state index >= 15 is 0 Å². The largest absolute Gasteiger partial charge is 0.462 e. The van der Waals surface area contributed by atoms with Crippen molar-refractivity contribution >= 4 is 40.6 Å². The molecule has 138 valence electrons. The summed E-state index contributed by atoms with van der Waals surface area (Å²) >= 11 is 11.5. The molecular weight excluding hydrogens is 368 g/mol. The van der Waals surface area contributed by atoms with E-state index in [-0.39, 0.29) is 6.04 Å². The van der Waals surface area contributed by atoms with Gasteiger partial charge in [-0.3, -0.25) is 0 Å². The van der Waals surface area contributed by atoms with Crippen molar-refractivity contribution in [3.8, 4) is 0 Å². The number of halogens is 1.